The Balaban J connectivity index is 1.65. The molecule has 2 aliphatic rings. The second kappa shape index (κ2) is 6.84. The Morgan fingerprint density at radius 3 is 2.25 bits per heavy atom. The third-order valence-electron chi connectivity index (χ3n) is 5.16. The first-order chi connectivity index (χ1) is 11.4. The molecule has 3 rings (SSSR count). The van der Waals surface area contributed by atoms with Crippen LogP contribution in [0.25, 0.3) is 0 Å². The lowest BCUT2D eigenvalue weighted by Gasteiger charge is -2.36. The van der Waals surface area contributed by atoms with Crippen molar-refractivity contribution in [3.63, 3.8) is 0 Å². The van der Waals surface area contributed by atoms with Crippen molar-refractivity contribution in [2.24, 2.45) is 5.92 Å². The van der Waals surface area contributed by atoms with E-state index in [2.05, 4.69) is 10.2 Å². The van der Waals surface area contributed by atoms with Gasteiger partial charge in [-0.15, -0.1) is 0 Å². The summed E-state index contributed by atoms with van der Waals surface area (Å²) in [6, 6.07) is 0. The van der Waals surface area contributed by atoms with E-state index >= 15 is 0 Å². The number of piperazine rings is 1. The Kier molecular flexibility index (Phi) is 4.96. The van der Waals surface area contributed by atoms with E-state index in [0.717, 1.165) is 25.7 Å². The summed E-state index contributed by atoms with van der Waals surface area (Å²) < 4.78 is 27.1. The van der Waals surface area contributed by atoms with E-state index < -0.39 is 10.0 Å². The van der Waals surface area contributed by atoms with E-state index in [1.807, 2.05) is 4.90 Å². The molecule has 8 heteroatoms. The van der Waals surface area contributed by atoms with Crippen molar-refractivity contribution in [3.05, 3.63) is 11.4 Å². The van der Waals surface area contributed by atoms with Crippen molar-refractivity contribution < 1.29 is 13.2 Å². The van der Waals surface area contributed by atoms with Crippen LogP contribution in [0.3, 0.4) is 0 Å². The molecule has 0 spiro atoms. The quantitative estimate of drug-likeness (QED) is 0.890. The van der Waals surface area contributed by atoms with Crippen molar-refractivity contribution in [1.82, 2.24) is 19.4 Å². The van der Waals surface area contributed by atoms with Crippen molar-refractivity contribution in [1.29, 1.82) is 0 Å². The number of hydrogen-bond donors (Lipinski definition) is 1. The number of aromatic amines is 1. The van der Waals surface area contributed by atoms with Gasteiger partial charge in [-0.05, 0) is 26.7 Å². The fraction of sp³-hybridized carbons (Fsp3) is 0.750. The van der Waals surface area contributed by atoms with Crippen molar-refractivity contribution in [3.8, 4) is 0 Å². The predicted molar refractivity (Wildman–Crippen MR) is 90.0 cm³/mol. The molecule has 0 bridgehead atoms. The summed E-state index contributed by atoms with van der Waals surface area (Å²) >= 11 is 0. The molecule has 0 aromatic carbocycles. The lowest BCUT2D eigenvalue weighted by Crippen LogP contribution is -2.52. The van der Waals surface area contributed by atoms with Gasteiger partial charge < -0.3 is 4.90 Å². The van der Waals surface area contributed by atoms with Crippen LogP contribution in [0.1, 0.15) is 43.5 Å². The largest absolute Gasteiger partial charge is 0.340 e. The summed E-state index contributed by atoms with van der Waals surface area (Å²) in [7, 11) is -3.55. The number of aromatic nitrogens is 2. The maximum absolute atomic E-state index is 12.8. The molecule has 0 unspecified atom stereocenters. The molecule has 1 aromatic heterocycles. The average molecular weight is 354 g/mol. The zero-order valence-corrected chi connectivity index (χ0v) is 15.2. The van der Waals surface area contributed by atoms with Crippen LogP contribution in [0.2, 0.25) is 0 Å². The van der Waals surface area contributed by atoms with E-state index in [-0.39, 0.29) is 16.7 Å². The van der Waals surface area contributed by atoms with Gasteiger partial charge in [-0.2, -0.15) is 9.40 Å². The monoisotopic (exact) mass is 354 g/mol. The molecule has 7 nitrogen and oxygen atoms in total. The number of H-pyrrole nitrogens is 1. The van der Waals surface area contributed by atoms with Gasteiger partial charge >= 0.3 is 0 Å². The first-order valence-electron chi connectivity index (χ1n) is 8.72. The molecule has 24 heavy (non-hydrogen) atoms. The summed E-state index contributed by atoms with van der Waals surface area (Å²) in [6.45, 7) is 5.07. The highest BCUT2D eigenvalue weighted by molar-refractivity contribution is 7.89. The van der Waals surface area contributed by atoms with Gasteiger partial charge in [0.1, 0.15) is 4.90 Å². The lowest BCUT2D eigenvalue weighted by molar-refractivity contribution is -0.137. The number of aryl methyl sites for hydroxylation is 2. The number of amides is 1. The van der Waals surface area contributed by atoms with Crippen LogP contribution in [-0.2, 0) is 14.8 Å². The van der Waals surface area contributed by atoms with E-state index in [1.54, 1.807) is 13.8 Å². The smallest absolute Gasteiger partial charge is 0.246 e. The third-order valence-corrected chi connectivity index (χ3v) is 7.33. The Labute approximate surface area is 143 Å². The Hall–Kier alpha value is -1.41. The van der Waals surface area contributed by atoms with Crippen molar-refractivity contribution >= 4 is 15.9 Å². The highest BCUT2D eigenvalue weighted by atomic mass is 32.2. The van der Waals surface area contributed by atoms with Crippen LogP contribution in [0.5, 0.6) is 0 Å². The summed E-state index contributed by atoms with van der Waals surface area (Å²) in [5.74, 6) is 0.350. The first-order valence-corrected chi connectivity index (χ1v) is 10.2. The van der Waals surface area contributed by atoms with Crippen LogP contribution in [0.4, 0.5) is 0 Å². The molecule has 1 aliphatic heterocycles. The average Bonchev–Trinajstić information content (AvgIpc) is 2.94. The number of nitrogens with zero attached hydrogens (tertiary/aromatic N) is 3. The first kappa shape index (κ1) is 17.4. The Morgan fingerprint density at radius 1 is 1.08 bits per heavy atom. The van der Waals surface area contributed by atoms with Crippen LogP contribution < -0.4 is 0 Å². The van der Waals surface area contributed by atoms with Gasteiger partial charge in [0.05, 0.1) is 11.4 Å². The van der Waals surface area contributed by atoms with E-state index in [1.165, 1.54) is 10.7 Å². The Morgan fingerprint density at radius 2 is 1.71 bits per heavy atom. The summed E-state index contributed by atoms with van der Waals surface area (Å²) in [5.41, 5.74) is 1.06. The SMILES string of the molecule is Cc1n[nH]c(C)c1S(=O)(=O)N1CCN(C(=O)C2CCCCC2)CC1. The summed E-state index contributed by atoms with van der Waals surface area (Å²) in [4.78, 5) is 14.7. The highest BCUT2D eigenvalue weighted by Gasteiger charge is 2.34. The molecule has 1 saturated carbocycles. The molecule has 1 N–H and O–H groups in total. The molecular weight excluding hydrogens is 328 g/mol. The third kappa shape index (κ3) is 3.21. The van der Waals surface area contributed by atoms with Gasteiger partial charge in [0.2, 0.25) is 15.9 Å². The van der Waals surface area contributed by atoms with E-state index in [0.29, 0.717) is 37.6 Å². The van der Waals surface area contributed by atoms with Crippen LogP contribution in [0, 0.1) is 19.8 Å². The zero-order valence-electron chi connectivity index (χ0n) is 14.4. The number of hydrogen-bond acceptors (Lipinski definition) is 4. The fourth-order valence-electron chi connectivity index (χ4n) is 3.81. The molecule has 0 radical (unpaired) electrons. The highest BCUT2D eigenvalue weighted by Crippen LogP contribution is 2.27. The number of rotatable bonds is 3. The predicted octanol–water partition coefficient (Wildman–Crippen LogP) is 1.44. The van der Waals surface area contributed by atoms with Gasteiger partial charge in [-0.25, -0.2) is 8.42 Å². The molecule has 134 valence electrons. The van der Waals surface area contributed by atoms with Crippen molar-refractivity contribution in [2.45, 2.75) is 50.8 Å². The van der Waals surface area contributed by atoms with Gasteiger partial charge in [0.15, 0.2) is 0 Å². The second-order valence-electron chi connectivity index (χ2n) is 6.83. The molecule has 1 saturated heterocycles. The second-order valence-corrected chi connectivity index (χ2v) is 8.70. The maximum atomic E-state index is 12.8. The van der Waals surface area contributed by atoms with E-state index in [4.69, 9.17) is 0 Å². The number of nitrogens with one attached hydrogen (secondary N) is 1. The van der Waals surface area contributed by atoms with Gasteiger partial charge in [0.25, 0.3) is 0 Å². The lowest BCUT2D eigenvalue weighted by atomic mass is 9.88. The Bertz CT molecular complexity index is 679. The van der Waals surface area contributed by atoms with E-state index in [9.17, 15) is 13.2 Å². The normalized spacial score (nSPS) is 21.2. The van der Waals surface area contributed by atoms with Crippen LogP contribution >= 0.6 is 0 Å². The number of carbonyl (C=O) groups is 1. The summed E-state index contributed by atoms with van der Waals surface area (Å²) in [6.07, 6.45) is 5.43. The number of sulfonamides is 1. The molecule has 1 aromatic rings. The fourth-order valence-corrected chi connectivity index (χ4v) is 5.56. The molecule has 2 fully saturated rings. The minimum absolute atomic E-state index is 0.139. The van der Waals surface area contributed by atoms with Gasteiger partial charge in [-0.1, -0.05) is 19.3 Å². The van der Waals surface area contributed by atoms with Crippen LogP contribution in [-0.4, -0.2) is 59.9 Å². The summed E-state index contributed by atoms with van der Waals surface area (Å²) in [5, 5.41) is 6.72. The number of carbonyl (C=O) groups excluding carboxylic acids is 1. The van der Waals surface area contributed by atoms with Crippen LogP contribution in [0.15, 0.2) is 4.90 Å². The van der Waals surface area contributed by atoms with Crippen molar-refractivity contribution in [2.75, 3.05) is 26.2 Å². The topological polar surface area (TPSA) is 86.4 Å². The minimum Gasteiger partial charge on any atom is -0.340 e. The molecule has 1 aliphatic carbocycles. The standard InChI is InChI=1S/C16H26N4O3S/c1-12-15(13(2)18-17-12)24(22,23)20-10-8-19(9-11-20)16(21)14-6-4-3-5-7-14/h14H,3-11H2,1-2H3,(H,17,18). The maximum Gasteiger partial charge on any atom is 0.246 e. The molecular formula is C16H26N4O3S. The molecule has 1 amide bonds. The molecule has 2 heterocycles. The molecule has 0 atom stereocenters. The van der Waals surface area contributed by atoms with Gasteiger partial charge in [-0.3, -0.25) is 9.89 Å². The van der Waals surface area contributed by atoms with Gasteiger partial charge in [0, 0.05) is 32.1 Å². The zero-order chi connectivity index (χ0) is 17.3. The minimum atomic E-state index is -3.55.